The highest BCUT2D eigenvalue weighted by molar-refractivity contribution is 7.80. The Balaban J connectivity index is 0.000000229. The molecule has 4 N–H and O–H groups in total. The largest absolute Gasteiger partial charge is 0.384 e. The summed E-state index contributed by atoms with van der Waals surface area (Å²) in [6.07, 6.45) is 3.87. The fourth-order valence-electron chi connectivity index (χ4n) is 3.54. The second kappa shape index (κ2) is 11.1. The van der Waals surface area contributed by atoms with Gasteiger partial charge in [0.1, 0.15) is 0 Å². The van der Waals surface area contributed by atoms with E-state index in [1.807, 2.05) is 12.3 Å². The molecule has 1 aliphatic rings. The average Bonchev–Trinajstić information content (AvgIpc) is 3.44. The molecular weight excluding hydrogens is 416 g/mol. The maximum Gasteiger partial charge on any atom is 0.263 e. The molecule has 2 atom stereocenters. The van der Waals surface area contributed by atoms with E-state index in [1.165, 1.54) is 24.8 Å². The van der Waals surface area contributed by atoms with Crippen molar-refractivity contribution in [3.63, 3.8) is 0 Å². The van der Waals surface area contributed by atoms with Crippen LogP contribution < -0.4 is 10.6 Å². The SMILES string of the molecule is CC1CC(CNc2ccc(-c3cn[nH]c3)cc2C=N)CN1.FC(F)c1cccc(S)c1. The highest BCUT2D eigenvalue weighted by Gasteiger charge is 2.20. The molecule has 0 radical (unpaired) electrons. The van der Waals surface area contributed by atoms with Crippen LogP contribution in [-0.2, 0) is 0 Å². The van der Waals surface area contributed by atoms with E-state index in [-0.39, 0.29) is 5.56 Å². The van der Waals surface area contributed by atoms with Crippen molar-refractivity contribution in [2.45, 2.75) is 30.7 Å². The number of anilines is 1. The van der Waals surface area contributed by atoms with Crippen molar-refractivity contribution in [2.75, 3.05) is 18.4 Å². The van der Waals surface area contributed by atoms with Gasteiger partial charge in [0.05, 0.1) is 6.20 Å². The van der Waals surface area contributed by atoms with E-state index >= 15 is 0 Å². The molecule has 2 heterocycles. The quantitative estimate of drug-likeness (QED) is 0.262. The highest BCUT2D eigenvalue weighted by Crippen LogP contribution is 2.24. The van der Waals surface area contributed by atoms with Crippen LogP contribution >= 0.6 is 12.6 Å². The van der Waals surface area contributed by atoms with Crippen molar-refractivity contribution in [1.29, 1.82) is 5.41 Å². The number of H-pyrrole nitrogens is 1. The van der Waals surface area contributed by atoms with Gasteiger partial charge in [0.2, 0.25) is 0 Å². The summed E-state index contributed by atoms with van der Waals surface area (Å²) >= 11 is 3.92. The van der Waals surface area contributed by atoms with E-state index in [0.717, 1.165) is 35.5 Å². The van der Waals surface area contributed by atoms with Gasteiger partial charge in [-0.25, -0.2) is 8.78 Å². The highest BCUT2D eigenvalue weighted by atomic mass is 32.1. The zero-order valence-corrected chi connectivity index (χ0v) is 18.2. The number of hydrogen-bond donors (Lipinski definition) is 5. The van der Waals surface area contributed by atoms with Gasteiger partial charge < -0.3 is 16.0 Å². The molecule has 4 rings (SSSR count). The molecule has 1 aromatic heterocycles. The Hall–Kier alpha value is -2.71. The smallest absolute Gasteiger partial charge is 0.263 e. The number of hydrogen-bond acceptors (Lipinski definition) is 5. The summed E-state index contributed by atoms with van der Waals surface area (Å²) in [4.78, 5) is 0.567. The van der Waals surface area contributed by atoms with Crippen LogP contribution in [0, 0.1) is 11.3 Å². The molecule has 5 nitrogen and oxygen atoms in total. The Labute approximate surface area is 186 Å². The third kappa shape index (κ3) is 6.63. The number of thiol groups is 1. The van der Waals surface area contributed by atoms with Crippen molar-refractivity contribution in [1.82, 2.24) is 15.5 Å². The van der Waals surface area contributed by atoms with Gasteiger partial charge in [-0.05, 0) is 55.6 Å². The van der Waals surface area contributed by atoms with Crippen molar-refractivity contribution in [2.24, 2.45) is 5.92 Å². The molecule has 1 aliphatic heterocycles. The van der Waals surface area contributed by atoms with Gasteiger partial charge in [-0.15, -0.1) is 12.6 Å². The van der Waals surface area contributed by atoms with Crippen molar-refractivity contribution >= 4 is 24.5 Å². The summed E-state index contributed by atoms with van der Waals surface area (Å²) in [5.74, 6) is 0.659. The molecule has 0 spiro atoms. The van der Waals surface area contributed by atoms with Crippen molar-refractivity contribution < 1.29 is 8.78 Å². The Morgan fingerprint density at radius 3 is 2.68 bits per heavy atom. The molecule has 2 aromatic carbocycles. The Morgan fingerprint density at radius 1 is 1.26 bits per heavy atom. The zero-order chi connectivity index (χ0) is 22.2. The van der Waals surface area contributed by atoms with Crippen LogP contribution in [0.25, 0.3) is 11.1 Å². The maximum absolute atomic E-state index is 11.9. The lowest BCUT2D eigenvalue weighted by molar-refractivity contribution is 0.151. The van der Waals surface area contributed by atoms with Gasteiger partial charge in [0.15, 0.2) is 0 Å². The predicted molar refractivity (Wildman–Crippen MR) is 125 cm³/mol. The molecule has 164 valence electrons. The van der Waals surface area contributed by atoms with Gasteiger partial charge in [-0.2, -0.15) is 5.10 Å². The normalized spacial score (nSPS) is 17.8. The summed E-state index contributed by atoms with van der Waals surface area (Å²) in [5, 5.41) is 21.4. The molecule has 0 bridgehead atoms. The molecule has 1 fully saturated rings. The number of rotatable bonds is 6. The zero-order valence-electron chi connectivity index (χ0n) is 17.3. The second-order valence-electron chi connectivity index (χ2n) is 7.62. The number of benzene rings is 2. The van der Waals surface area contributed by atoms with Gasteiger partial charge in [-0.3, -0.25) is 5.10 Å². The Bertz CT molecular complexity index is 978. The molecule has 3 aromatic rings. The van der Waals surface area contributed by atoms with Crippen LogP contribution in [-0.4, -0.2) is 35.5 Å². The molecule has 1 saturated heterocycles. The topological polar surface area (TPSA) is 76.6 Å². The second-order valence-corrected chi connectivity index (χ2v) is 8.14. The molecule has 8 heteroatoms. The van der Waals surface area contributed by atoms with Crippen molar-refractivity contribution in [3.05, 3.63) is 66.0 Å². The van der Waals surface area contributed by atoms with Crippen LogP contribution in [0.4, 0.5) is 14.5 Å². The van der Waals surface area contributed by atoms with Crippen LogP contribution in [0.2, 0.25) is 0 Å². The standard InChI is InChI=1S/C16H21N5.C7H6F2S/c1-11-4-12(7-18-11)8-19-16-3-2-13(5-14(16)6-17)15-9-20-21-10-15;8-7(9)5-2-1-3-6(10)4-5/h2-3,5-6,9-12,17-19H,4,7-8H2,1H3,(H,20,21);1-4,7,10H. The first-order valence-electron chi connectivity index (χ1n) is 10.1. The first-order valence-corrected chi connectivity index (χ1v) is 10.6. The third-order valence-electron chi connectivity index (χ3n) is 5.18. The first-order chi connectivity index (χ1) is 15.0. The number of nitrogens with one attached hydrogen (secondary N) is 4. The lowest BCUT2D eigenvalue weighted by atomic mass is 10.0. The summed E-state index contributed by atoms with van der Waals surface area (Å²) < 4.78 is 23.8. The van der Waals surface area contributed by atoms with E-state index in [2.05, 4.69) is 52.5 Å². The molecule has 0 saturated carbocycles. The Morgan fingerprint density at radius 2 is 2.10 bits per heavy atom. The van der Waals surface area contributed by atoms with Gasteiger partial charge >= 0.3 is 0 Å². The summed E-state index contributed by atoms with van der Waals surface area (Å²) in [5.41, 5.74) is 4.07. The molecular formula is C23H27F2N5S. The number of aromatic nitrogens is 2. The monoisotopic (exact) mass is 443 g/mol. The van der Waals surface area contributed by atoms with E-state index < -0.39 is 6.43 Å². The number of nitrogens with zero attached hydrogens (tertiary/aromatic N) is 1. The van der Waals surface area contributed by atoms with Gasteiger partial charge in [-0.1, -0.05) is 18.2 Å². The number of halogens is 2. The fourth-order valence-corrected chi connectivity index (χ4v) is 3.77. The van der Waals surface area contributed by atoms with Crippen LogP contribution in [0.5, 0.6) is 0 Å². The Kier molecular flexibility index (Phi) is 8.20. The van der Waals surface area contributed by atoms with Crippen LogP contribution in [0.15, 0.2) is 59.8 Å². The molecule has 0 aliphatic carbocycles. The number of alkyl halides is 2. The maximum atomic E-state index is 11.9. The minimum absolute atomic E-state index is 0.0208. The summed E-state index contributed by atoms with van der Waals surface area (Å²) in [6, 6.07) is 12.7. The minimum Gasteiger partial charge on any atom is -0.384 e. The van der Waals surface area contributed by atoms with Crippen molar-refractivity contribution in [3.8, 4) is 11.1 Å². The van der Waals surface area contributed by atoms with E-state index in [4.69, 9.17) is 5.41 Å². The van der Waals surface area contributed by atoms with E-state index in [1.54, 1.807) is 18.3 Å². The molecule has 31 heavy (non-hydrogen) atoms. The molecule has 0 amide bonds. The van der Waals surface area contributed by atoms with E-state index in [0.29, 0.717) is 16.9 Å². The fraction of sp³-hybridized carbons (Fsp3) is 0.304. The molecule has 2 unspecified atom stereocenters. The first kappa shape index (κ1) is 23.0. The van der Waals surface area contributed by atoms with Crippen LogP contribution in [0.1, 0.15) is 30.9 Å². The van der Waals surface area contributed by atoms with E-state index in [9.17, 15) is 8.78 Å². The van der Waals surface area contributed by atoms with Gasteiger partial charge in [0, 0.05) is 52.3 Å². The van der Waals surface area contributed by atoms with Crippen LogP contribution in [0.3, 0.4) is 0 Å². The van der Waals surface area contributed by atoms with Gasteiger partial charge in [0.25, 0.3) is 6.43 Å². The summed E-state index contributed by atoms with van der Waals surface area (Å²) in [7, 11) is 0. The summed E-state index contributed by atoms with van der Waals surface area (Å²) in [6.45, 7) is 4.24. The minimum atomic E-state index is -2.40. The lowest BCUT2D eigenvalue weighted by Gasteiger charge is -2.14. The third-order valence-corrected chi connectivity index (χ3v) is 5.46. The number of aromatic amines is 1. The lowest BCUT2D eigenvalue weighted by Crippen LogP contribution is -2.19. The average molecular weight is 444 g/mol. The predicted octanol–water partition coefficient (Wildman–Crippen LogP) is 5.40.